The predicted molar refractivity (Wildman–Crippen MR) is 75.0 cm³/mol. The summed E-state index contributed by atoms with van der Waals surface area (Å²) in [7, 11) is 0. The van der Waals surface area contributed by atoms with Gasteiger partial charge < -0.3 is 15.2 Å². The molecule has 1 aromatic carbocycles. The quantitative estimate of drug-likeness (QED) is 0.713. The zero-order chi connectivity index (χ0) is 15.0. The van der Waals surface area contributed by atoms with E-state index in [0.717, 1.165) is 5.56 Å². The van der Waals surface area contributed by atoms with Crippen molar-refractivity contribution >= 4 is 5.91 Å². The number of benzene rings is 1. The van der Waals surface area contributed by atoms with Crippen molar-refractivity contribution in [2.75, 3.05) is 26.4 Å². The molecule has 0 atom stereocenters. The van der Waals surface area contributed by atoms with E-state index in [9.17, 15) is 9.18 Å². The highest BCUT2D eigenvalue weighted by Gasteiger charge is 2.29. The second-order valence-corrected chi connectivity index (χ2v) is 5.08. The largest absolute Gasteiger partial charge is 0.394 e. The van der Waals surface area contributed by atoms with Gasteiger partial charge in [0.1, 0.15) is 5.82 Å². The summed E-state index contributed by atoms with van der Waals surface area (Å²) in [6.07, 6.45) is 0.686. The number of carbonyl (C=O) groups excluding carboxylic acids is 1. The number of hydrogen-bond acceptors (Lipinski definition) is 3. The molecule has 1 aromatic rings. The highest BCUT2D eigenvalue weighted by atomic mass is 19.1. The van der Waals surface area contributed by atoms with Gasteiger partial charge in [0.2, 0.25) is 5.91 Å². The van der Waals surface area contributed by atoms with Crippen LogP contribution >= 0.6 is 0 Å². The fourth-order valence-electron chi connectivity index (χ4n) is 1.76. The molecule has 0 radical (unpaired) electrons. The van der Waals surface area contributed by atoms with Gasteiger partial charge in [-0.1, -0.05) is 12.1 Å². The fraction of sp³-hybridized carbons (Fsp3) is 0.533. The number of hydrogen-bond donors (Lipinski definition) is 2. The van der Waals surface area contributed by atoms with Crippen LogP contribution in [0.4, 0.5) is 4.39 Å². The van der Waals surface area contributed by atoms with E-state index < -0.39 is 5.41 Å². The number of nitrogens with one attached hydrogen (secondary N) is 1. The van der Waals surface area contributed by atoms with E-state index >= 15 is 0 Å². The molecule has 0 unspecified atom stereocenters. The van der Waals surface area contributed by atoms with Crippen molar-refractivity contribution in [3.05, 3.63) is 35.6 Å². The molecule has 20 heavy (non-hydrogen) atoms. The van der Waals surface area contributed by atoms with Crippen LogP contribution in [0.1, 0.15) is 25.8 Å². The van der Waals surface area contributed by atoms with Crippen molar-refractivity contribution in [3.63, 3.8) is 0 Å². The molecular weight excluding hydrogens is 261 g/mol. The molecule has 0 aliphatic carbocycles. The van der Waals surface area contributed by atoms with Gasteiger partial charge in [0, 0.05) is 13.2 Å². The first-order chi connectivity index (χ1) is 9.48. The van der Waals surface area contributed by atoms with Gasteiger partial charge in [0.05, 0.1) is 18.6 Å². The summed E-state index contributed by atoms with van der Waals surface area (Å²) in [5.74, 6) is -0.419. The van der Waals surface area contributed by atoms with Crippen molar-refractivity contribution < 1.29 is 19.0 Å². The lowest BCUT2D eigenvalue weighted by molar-refractivity contribution is -0.125. The highest BCUT2D eigenvalue weighted by Crippen LogP contribution is 2.23. The average molecular weight is 283 g/mol. The third-order valence-corrected chi connectivity index (χ3v) is 3.12. The monoisotopic (exact) mass is 283 g/mol. The van der Waals surface area contributed by atoms with Crippen molar-refractivity contribution in [2.24, 2.45) is 0 Å². The van der Waals surface area contributed by atoms with Crippen molar-refractivity contribution in [3.8, 4) is 0 Å². The van der Waals surface area contributed by atoms with E-state index in [1.54, 1.807) is 26.0 Å². The minimum Gasteiger partial charge on any atom is -0.394 e. The summed E-state index contributed by atoms with van der Waals surface area (Å²) < 4.78 is 18.0. The molecule has 1 rings (SSSR count). The zero-order valence-electron chi connectivity index (χ0n) is 12.0. The molecule has 1 amide bonds. The number of amides is 1. The summed E-state index contributed by atoms with van der Waals surface area (Å²) in [6.45, 7) is 4.93. The number of ether oxygens (including phenoxy) is 1. The summed E-state index contributed by atoms with van der Waals surface area (Å²) >= 11 is 0. The van der Waals surface area contributed by atoms with Crippen LogP contribution in [0.2, 0.25) is 0 Å². The Labute approximate surface area is 119 Å². The van der Waals surface area contributed by atoms with E-state index in [-0.39, 0.29) is 18.3 Å². The summed E-state index contributed by atoms with van der Waals surface area (Å²) in [5.41, 5.74) is 0.0626. The standard InChI is InChI=1S/C15H22FNO3/c1-15(2,12-4-6-13(16)7-5-12)14(19)17-8-3-10-20-11-9-18/h4-7,18H,3,8-11H2,1-2H3,(H,17,19). The lowest BCUT2D eigenvalue weighted by atomic mass is 9.83. The van der Waals surface area contributed by atoms with Gasteiger partial charge in [-0.2, -0.15) is 0 Å². The second kappa shape index (κ2) is 7.97. The first-order valence-corrected chi connectivity index (χ1v) is 6.71. The van der Waals surface area contributed by atoms with Crippen LogP contribution in [-0.4, -0.2) is 37.4 Å². The van der Waals surface area contributed by atoms with Crippen LogP contribution in [-0.2, 0) is 14.9 Å². The molecule has 4 nitrogen and oxygen atoms in total. The van der Waals surface area contributed by atoms with Crippen LogP contribution in [0.3, 0.4) is 0 Å². The molecule has 0 aromatic heterocycles. The van der Waals surface area contributed by atoms with E-state index in [2.05, 4.69) is 5.32 Å². The number of aliphatic hydroxyl groups excluding tert-OH is 1. The second-order valence-electron chi connectivity index (χ2n) is 5.08. The van der Waals surface area contributed by atoms with Gasteiger partial charge >= 0.3 is 0 Å². The van der Waals surface area contributed by atoms with E-state index in [1.165, 1.54) is 12.1 Å². The van der Waals surface area contributed by atoms with E-state index in [4.69, 9.17) is 9.84 Å². The zero-order valence-corrected chi connectivity index (χ0v) is 12.0. The van der Waals surface area contributed by atoms with Gasteiger partial charge in [0.15, 0.2) is 0 Å². The Morgan fingerprint density at radius 1 is 1.30 bits per heavy atom. The number of rotatable bonds is 8. The van der Waals surface area contributed by atoms with Crippen molar-refractivity contribution in [1.29, 1.82) is 0 Å². The Morgan fingerprint density at radius 2 is 1.95 bits per heavy atom. The maximum atomic E-state index is 12.9. The Hall–Kier alpha value is -1.46. The van der Waals surface area contributed by atoms with Gasteiger partial charge in [-0.15, -0.1) is 0 Å². The minimum atomic E-state index is -0.709. The topological polar surface area (TPSA) is 58.6 Å². The number of carbonyl (C=O) groups is 1. The molecule has 0 aliphatic heterocycles. The highest BCUT2D eigenvalue weighted by molar-refractivity contribution is 5.87. The lowest BCUT2D eigenvalue weighted by Gasteiger charge is -2.24. The molecule has 0 fully saturated rings. The Bertz CT molecular complexity index is 418. The number of aliphatic hydroxyl groups is 1. The first-order valence-electron chi connectivity index (χ1n) is 6.71. The third kappa shape index (κ3) is 4.90. The maximum Gasteiger partial charge on any atom is 0.230 e. The molecule has 0 aliphatic rings. The molecule has 112 valence electrons. The van der Waals surface area contributed by atoms with Crippen LogP contribution in [0, 0.1) is 5.82 Å². The van der Waals surface area contributed by atoms with E-state index in [1.807, 2.05) is 0 Å². The molecule has 0 heterocycles. The summed E-state index contributed by atoms with van der Waals surface area (Å²) in [6, 6.07) is 5.96. The molecular formula is C15H22FNO3. The average Bonchev–Trinajstić information content (AvgIpc) is 2.43. The molecule has 0 spiro atoms. The van der Waals surface area contributed by atoms with Crippen LogP contribution in [0.25, 0.3) is 0 Å². The summed E-state index contributed by atoms with van der Waals surface area (Å²) in [4.78, 5) is 12.2. The first kappa shape index (κ1) is 16.6. The molecule has 0 saturated heterocycles. The Kier molecular flexibility index (Phi) is 6.61. The van der Waals surface area contributed by atoms with Crippen molar-refractivity contribution in [2.45, 2.75) is 25.7 Å². The van der Waals surface area contributed by atoms with Crippen molar-refractivity contribution in [1.82, 2.24) is 5.32 Å². The van der Waals surface area contributed by atoms with Crippen LogP contribution in [0.15, 0.2) is 24.3 Å². The van der Waals surface area contributed by atoms with Gasteiger partial charge in [0.25, 0.3) is 0 Å². The Morgan fingerprint density at radius 3 is 2.55 bits per heavy atom. The Balaban J connectivity index is 2.43. The third-order valence-electron chi connectivity index (χ3n) is 3.12. The van der Waals surface area contributed by atoms with Crippen LogP contribution in [0.5, 0.6) is 0 Å². The molecule has 5 heteroatoms. The maximum absolute atomic E-state index is 12.9. The molecule has 0 bridgehead atoms. The van der Waals surface area contributed by atoms with Gasteiger partial charge in [-0.3, -0.25) is 4.79 Å². The van der Waals surface area contributed by atoms with E-state index in [0.29, 0.717) is 26.2 Å². The lowest BCUT2D eigenvalue weighted by Crippen LogP contribution is -2.40. The van der Waals surface area contributed by atoms with Gasteiger partial charge in [-0.05, 0) is 38.0 Å². The normalized spacial score (nSPS) is 11.4. The SMILES string of the molecule is CC(C)(C(=O)NCCCOCCO)c1ccc(F)cc1. The number of halogens is 1. The molecule has 2 N–H and O–H groups in total. The fourth-order valence-corrected chi connectivity index (χ4v) is 1.76. The predicted octanol–water partition coefficient (Wildman–Crippen LogP) is 1.62. The smallest absolute Gasteiger partial charge is 0.230 e. The minimum absolute atomic E-state index is 0.00393. The van der Waals surface area contributed by atoms with Crippen LogP contribution < -0.4 is 5.32 Å². The van der Waals surface area contributed by atoms with Gasteiger partial charge in [-0.25, -0.2) is 4.39 Å². The summed E-state index contributed by atoms with van der Waals surface area (Å²) in [5, 5.41) is 11.4. The molecule has 0 saturated carbocycles.